The molecule has 0 radical (unpaired) electrons. The summed E-state index contributed by atoms with van der Waals surface area (Å²) in [6, 6.07) is 2.78. The van der Waals surface area contributed by atoms with Crippen LogP contribution in [-0.4, -0.2) is 17.1 Å². The van der Waals surface area contributed by atoms with Crippen molar-refractivity contribution in [1.82, 2.24) is 9.97 Å². The van der Waals surface area contributed by atoms with E-state index in [0.29, 0.717) is 6.01 Å². The van der Waals surface area contributed by atoms with E-state index >= 15 is 0 Å². The monoisotopic (exact) mass is 230 g/mol. The smallest absolute Gasteiger partial charge is 0.293 e. The van der Waals surface area contributed by atoms with E-state index in [1.165, 1.54) is 27.8 Å². The average molecular weight is 230 g/mol. The Bertz CT molecular complexity index is 529. The molecule has 0 amide bonds. The lowest BCUT2D eigenvalue weighted by Gasteiger charge is -2.13. The molecule has 3 heteroatoms. The van der Waals surface area contributed by atoms with Crippen molar-refractivity contribution in [3.8, 4) is 17.3 Å². The number of benzene rings is 1. The van der Waals surface area contributed by atoms with Crippen LogP contribution in [0.25, 0.3) is 11.3 Å². The molecule has 1 heterocycles. The Balaban J connectivity index is 2.65. The summed E-state index contributed by atoms with van der Waals surface area (Å²) in [5.74, 6) is 0. The van der Waals surface area contributed by atoms with Gasteiger partial charge in [0.15, 0.2) is 0 Å². The summed E-state index contributed by atoms with van der Waals surface area (Å²) in [7, 11) is 1.61. The lowest BCUT2D eigenvalue weighted by molar-refractivity contribution is 0.384. The van der Waals surface area contributed by atoms with E-state index < -0.39 is 0 Å². The van der Waals surface area contributed by atoms with Crippen LogP contribution < -0.4 is 4.74 Å². The molecule has 3 nitrogen and oxygen atoms in total. The van der Waals surface area contributed by atoms with Crippen molar-refractivity contribution in [3.63, 3.8) is 0 Å². The molecule has 1 aromatic heterocycles. The maximum absolute atomic E-state index is 5.09. The van der Waals surface area contributed by atoms with Crippen LogP contribution in [0.4, 0.5) is 0 Å². The third-order valence-corrected chi connectivity index (χ3v) is 3.38. The first-order valence-electron chi connectivity index (χ1n) is 5.71. The summed E-state index contributed by atoms with van der Waals surface area (Å²) in [6.45, 7) is 8.56. The van der Waals surface area contributed by atoms with Gasteiger partial charge in [0, 0.05) is 5.56 Å². The largest absolute Gasteiger partial charge is 0.468 e. The van der Waals surface area contributed by atoms with Crippen LogP contribution in [0.1, 0.15) is 22.3 Å². The number of hydrogen-bond donors (Lipinski definition) is 1. The number of nitrogens with zero attached hydrogens (tertiary/aromatic N) is 1. The van der Waals surface area contributed by atoms with E-state index in [2.05, 4.69) is 43.7 Å². The zero-order valence-electron chi connectivity index (χ0n) is 11.0. The Morgan fingerprint density at radius 3 is 2.12 bits per heavy atom. The molecule has 1 aromatic carbocycles. The molecule has 0 bridgehead atoms. The van der Waals surface area contributed by atoms with E-state index in [0.717, 1.165) is 5.69 Å². The molecular weight excluding hydrogens is 212 g/mol. The van der Waals surface area contributed by atoms with E-state index in [1.807, 2.05) is 6.20 Å². The van der Waals surface area contributed by atoms with Crippen LogP contribution >= 0.6 is 0 Å². The van der Waals surface area contributed by atoms with E-state index in [4.69, 9.17) is 4.74 Å². The molecule has 2 rings (SSSR count). The van der Waals surface area contributed by atoms with Crippen molar-refractivity contribution < 1.29 is 4.74 Å². The average Bonchev–Trinajstić information content (AvgIpc) is 2.75. The second-order valence-corrected chi connectivity index (χ2v) is 4.44. The number of rotatable bonds is 2. The fraction of sp³-hybridized carbons (Fsp3) is 0.357. The number of hydrogen-bond acceptors (Lipinski definition) is 2. The van der Waals surface area contributed by atoms with Gasteiger partial charge in [-0.1, -0.05) is 6.07 Å². The van der Waals surface area contributed by atoms with Crippen molar-refractivity contribution in [2.75, 3.05) is 7.11 Å². The third kappa shape index (κ3) is 1.93. The molecule has 0 unspecified atom stereocenters. The molecule has 0 saturated carbocycles. The molecule has 90 valence electrons. The van der Waals surface area contributed by atoms with E-state index in [9.17, 15) is 0 Å². The number of aryl methyl sites for hydroxylation is 2. The van der Waals surface area contributed by atoms with Gasteiger partial charge in [-0.05, 0) is 49.9 Å². The third-order valence-electron chi connectivity index (χ3n) is 3.38. The minimum absolute atomic E-state index is 0.554. The highest BCUT2D eigenvalue weighted by atomic mass is 16.5. The summed E-state index contributed by atoms with van der Waals surface area (Å²) >= 11 is 0. The maximum Gasteiger partial charge on any atom is 0.293 e. The van der Waals surface area contributed by atoms with Gasteiger partial charge < -0.3 is 9.72 Å². The standard InChI is InChI=1S/C14H18N2O/c1-8-6-9(2)11(4)13(10(8)3)12-7-15-14(16-12)17-5/h6-7H,1-5H3,(H,15,16). The minimum Gasteiger partial charge on any atom is -0.468 e. The SMILES string of the molecule is COc1ncc(-c2c(C)c(C)cc(C)c2C)[nH]1. The zero-order valence-corrected chi connectivity index (χ0v) is 11.0. The van der Waals surface area contributed by atoms with Gasteiger partial charge in [-0.15, -0.1) is 0 Å². The van der Waals surface area contributed by atoms with Gasteiger partial charge in [-0.2, -0.15) is 0 Å². The molecule has 0 atom stereocenters. The summed E-state index contributed by atoms with van der Waals surface area (Å²) in [5.41, 5.74) is 7.44. The van der Waals surface area contributed by atoms with Crippen molar-refractivity contribution in [2.24, 2.45) is 0 Å². The second kappa shape index (κ2) is 4.24. The predicted molar refractivity (Wildman–Crippen MR) is 69.5 cm³/mol. The highest BCUT2D eigenvalue weighted by Crippen LogP contribution is 2.31. The summed E-state index contributed by atoms with van der Waals surface area (Å²) in [6.07, 6.45) is 1.83. The first-order valence-corrected chi connectivity index (χ1v) is 5.71. The molecule has 0 saturated heterocycles. The molecule has 2 aromatic rings. The van der Waals surface area contributed by atoms with Gasteiger partial charge in [-0.3, -0.25) is 0 Å². The Morgan fingerprint density at radius 1 is 1.06 bits per heavy atom. The number of ether oxygens (including phenoxy) is 1. The topological polar surface area (TPSA) is 37.9 Å². The second-order valence-electron chi connectivity index (χ2n) is 4.44. The van der Waals surface area contributed by atoms with E-state index in [1.54, 1.807) is 7.11 Å². The van der Waals surface area contributed by atoms with Crippen LogP contribution in [0.3, 0.4) is 0 Å². The highest BCUT2D eigenvalue weighted by Gasteiger charge is 2.12. The summed E-state index contributed by atoms with van der Waals surface area (Å²) in [5, 5.41) is 0. The zero-order chi connectivity index (χ0) is 12.6. The number of nitrogens with one attached hydrogen (secondary N) is 1. The van der Waals surface area contributed by atoms with Crippen molar-refractivity contribution in [1.29, 1.82) is 0 Å². The molecule has 1 N–H and O–H groups in total. The van der Waals surface area contributed by atoms with Crippen molar-refractivity contribution in [3.05, 3.63) is 34.5 Å². The quantitative estimate of drug-likeness (QED) is 0.859. The maximum atomic E-state index is 5.09. The molecule has 0 spiro atoms. The predicted octanol–water partition coefficient (Wildman–Crippen LogP) is 3.32. The van der Waals surface area contributed by atoms with Crippen molar-refractivity contribution in [2.45, 2.75) is 27.7 Å². The number of imidazole rings is 1. The van der Waals surface area contributed by atoms with Crippen LogP contribution in [-0.2, 0) is 0 Å². The molecule has 0 aliphatic heterocycles. The number of aromatic amines is 1. The highest BCUT2D eigenvalue weighted by molar-refractivity contribution is 5.70. The fourth-order valence-corrected chi connectivity index (χ4v) is 2.15. The first kappa shape index (κ1) is 11.7. The molecule has 0 aliphatic rings. The van der Waals surface area contributed by atoms with Gasteiger partial charge in [0.1, 0.15) is 0 Å². The Labute approximate surface area is 102 Å². The summed E-state index contributed by atoms with van der Waals surface area (Å²) in [4.78, 5) is 7.36. The Hall–Kier alpha value is -1.77. The molecule has 17 heavy (non-hydrogen) atoms. The lowest BCUT2D eigenvalue weighted by Crippen LogP contribution is -1.95. The number of H-pyrrole nitrogens is 1. The van der Waals surface area contributed by atoms with Gasteiger partial charge in [-0.25, -0.2) is 4.98 Å². The van der Waals surface area contributed by atoms with Crippen LogP contribution in [0.15, 0.2) is 12.3 Å². The Morgan fingerprint density at radius 2 is 1.65 bits per heavy atom. The van der Waals surface area contributed by atoms with Gasteiger partial charge in [0.05, 0.1) is 19.0 Å². The fourth-order valence-electron chi connectivity index (χ4n) is 2.15. The van der Waals surface area contributed by atoms with Crippen LogP contribution in [0.5, 0.6) is 6.01 Å². The van der Waals surface area contributed by atoms with Crippen LogP contribution in [0, 0.1) is 27.7 Å². The van der Waals surface area contributed by atoms with Gasteiger partial charge >= 0.3 is 0 Å². The van der Waals surface area contributed by atoms with Gasteiger partial charge in [0.2, 0.25) is 0 Å². The van der Waals surface area contributed by atoms with Gasteiger partial charge in [0.25, 0.3) is 6.01 Å². The normalized spacial score (nSPS) is 10.6. The van der Waals surface area contributed by atoms with Crippen molar-refractivity contribution >= 4 is 0 Å². The van der Waals surface area contributed by atoms with Crippen LogP contribution in [0.2, 0.25) is 0 Å². The summed E-state index contributed by atoms with van der Waals surface area (Å²) < 4.78 is 5.09. The Kier molecular flexibility index (Phi) is 2.92. The molecule has 0 aliphatic carbocycles. The molecule has 0 fully saturated rings. The van der Waals surface area contributed by atoms with E-state index in [-0.39, 0.29) is 0 Å². The lowest BCUT2D eigenvalue weighted by atomic mass is 9.93. The minimum atomic E-state index is 0.554. The number of methoxy groups -OCH3 is 1. The first-order chi connectivity index (χ1) is 8.04. The number of aromatic nitrogens is 2. The molecular formula is C14H18N2O.